The van der Waals surface area contributed by atoms with E-state index in [1.54, 1.807) is 20.8 Å². The number of hydrogen-bond donors (Lipinski definition) is 2. The van der Waals surface area contributed by atoms with Gasteiger partial charge in [0.25, 0.3) is 5.92 Å². The predicted octanol–water partition coefficient (Wildman–Crippen LogP) is 5.55. The number of alkyl halides is 2. The quantitative estimate of drug-likeness (QED) is 0.496. The maximum atomic E-state index is 13.9. The fraction of sp³-hybridized carbons (Fsp3) is 0.483. The Morgan fingerprint density at radius 2 is 1.51 bits per heavy atom. The summed E-state index contributed by atoms with van der Waals surface area (Å²) in [5.74, 6) is -4.58. The molecule has 0 bridgehead atoms. The van der Waals surface area contributed by atoms with Gasteiger partial charge in [0.05, 0.1) is 0 Å². The maximum absolute atomic E-state index is 13.9. The lowest BCUT2D eigenvalue weighted by molar-refractivity contribution is -0.178. The first-order valence-corrected chi connectivity index (χ1v) is 13.0. The molecule has 0 aliphatic heterocycles. The molecule has 39 heavy (non-hydrogen) atoms. The van der Waals surface area contributed by atoms with Gasteiger partial charge in [-0.15, -0.1) is 0 Å². The molecule has 5 rings (SSSR count). The van der Waals surface area contributed by atoms with Crippen LogP contribution in [-0.2, 0) is 14.3 Å². The monoisotopic (exact) mass is 542 g/mol. The van der Waals surface area contributed by atoms with Gasteiger partial charge in [-0.3, -0.25) is 4.90 Å². The Labute approximate surface area is 225 Å². The summed E-state index contributed by atoms with van der Waals surface area (Å²) < 4.78 is 38.7. The zero-order valence-corrected chi connectivity index (χ0v) is 22.1. The molecule has 0 saturated heterocycles. The molecule has 0 radical (unpaired) electrons. The normalized spacial score (nSPS) is 23.5. The lowest BCUT2D eigenvalue weighted by Crippen LogP contribution is -2.73. The van der Waals surface area contributed by atoms with Crippen LogP contribution in [0.25, 0.3) is 11.1 Å². The van der Waals surface area contributed by atoms with Crippen LogP contribution in [0, 0.1) is 0 Å². The molecule has 208 valence electrons. The molecule has 3 aliphatic carbocycles. The Morgan fingerprint density at radius 3 is 2.00 bits per heavy atom. The molecule has 2 saturated carbocycles. The van der Waals surface area contributed by atoms with Crippen LogP contribution in [0.4, 0.5) is 18.4 Å². The molecule has 8 nitrogen and oxygen atoms in total. The van der Waals surface area contributed by atoms with Crippen molar-refractivity contribution in [2.45, 2.75) is 81.5 Å². The summed E-state index contributed by atoms with van der Waals surface area (Å²) in [5, 5.41) is 12.8. The summed E-state index contributed by atoms with van der Waals surface area (Å²) in [6.45, 7) is 5.03. The van der Waals surface area contributed by atoms with Crippen molar-refractivity contribution in [3.05, 3.63) is 59.7 Å². The number of aliphatic carboxylic acids is 1. The predicted molar refractivity (Wildman–Crippen MR) is 138 cm³/mol. The summed E-state index contributed by atoms with van der Waals surface area (Å²) in [7, 11) is 0. The van der Waals surface area contributed by atoms with Gasteiger partial charge in [-0.2, -0.15) is 0 Å². The molecule has 0 aromatic heterocycles. The molecule has 2 fully saturated rings. The molecule has 0 unspecified atom stereocenters. The highest BCUT2D eigenvalue weighted by Crippen LogP contribution is 2.49. The number of hydrogen-bond acceptors (Lipinski definition) is 5. The van der Waals surface area contributed by atoms with E-state index in [1.165, 1.54) is 0 Å². The molecule has 0 spiro atoms. The van der Waals surface area contributed by atoms with E-state index >= 15 is 0 Å². The first-order valence-electron chi connectivity index (χ1n) is 13.0. The van der Waals surface area contributed by atoms with Crippen molar-refractivity contribution in [3.8, 4) is 11.1 Å². The van der Waals surface area contributed by atoms with Crippen LogP contribution in [0.3, 0.4) is 0 Å². The highest BCUT2D eigenvalue weighted by atomic mass is 19.3. The third-order valence-electron chi connectivity index (χ3n) is 7.71. The van der Waals surface area contributed by atoms with Gasteiger partial charge in [0.1, 0.15) is 17.7 Å². The topological polar surface area (TPSA) is 105 Å². The van der Waals surface area contributed by atoms with E-state index in [1.807, 2.05) is 48.5 Å². The minimum atomic E-state index is -2.98. The average Bonchev–Trinajstić information content (AvgIpc) is 3.12. The Kier molecular flexibility index (Phi) is 6.55. The molecular formula is C29H32F2N2O6. The molecule has 2 aromatic carbocycles. The SMILES string of the molecule is CC(C)(C)OC(=O)NC1CC(C(=O)O)(N(C(=O)OCC2c3ccccc3-c3ccccc32)C2CC(F)(F)C2)C1. The van der Waals surface area contributed by atoms with Crippen LogP contribution in [0.5, 0.6) is 0 Å². The number of halogens is 2. The number of carboxylic acids is 1. The smallest absolute Gasteiger partial charge is 0.411 e. The summed E-state index contributed by atoms with van der Waals surface area (Å²) in [5.41, 5.74) is 1.49. The number of nitrogens with zero attached hydrogens (tertiary/aromatic N) is 1. The van der Waals surface area contributed by atoms with Crippen LogP contribution >= 0.6 is 0 Å². The zero-order valence-electron chi connectivity index (χ0n) is 22.1. The molecule has 10 heteroatoms. The number of ether oxygens (including phenoxy) is 2. The van der Waals surface area contributed by atoms with Crippen molar-refractivity contribution < 1.29 is 37.7 Å². The highest BCUT2D eigenvalue weighted by Gasteiger charge is 2.63. The minimum absolute atomic E-state index is 0.0677. The second-order valence-corrected chi connectivity index (χ2v) is 11.7. The Hall–Kier alpha value is -3.69. The molecule has 3 aliphatic rings. The molecule has 0 heterocycles. The fourth-order valence-electron chi connectivity index (χ4n) is 5.96. The Bertz CT molecular complexity index is 1250. The second kappa shape index (κ2) is 9.50. The molecule has 2 amide bonds. The van der Waals surface area contributed by atoms with Gasteiger partial charge in [-0.25, -0.2) is 23.2 Å². The zero-order chi connectivity index (χ0) is 28.2. The summed E-state index contributed by atoms with van der Waals surface area (Å²) in [6, 6.07) is 14.0. The van der Waals surface area contributed by atoms with Crippen molar-refractivity contribution in [2.75, 3.05) is 6.61 Å². The first-order chi connectivity index (χ1) is 18.3. The van der Waals surface area contributed by atoms with Crippen LogP contribution < -0.4 is 5.32 Å². The number of carboxylic acid groups (broad SMARTS) is 1. The third kappa shape index (κ3) is 5.04. The van der Waals surface area contributed by atoms with Crippen molar-refractivity contribution in [3.63, 3.8) is 0 Å². The van der Waals surface area contributed by atoms with Gasteiger partial charge in [0, 0.05) is 43.7 Å². The Morgan fingerprint density at radius 1 is 0.974 bits per heavy atom. The number of rotatable bonds is 6. The fourth-order valence-corrected chi connectivity index (χ4v) is 5.96. The van der Waals surface area contributed by atoms with E-state index in [0.29, 0.717) is 0 Å². The van der Waals surface area contributed by atoms with Gasteiger partial charge in [-0.1, -0.05) is 48.5 Å². The summed E-state index contributed by atoms with van der Waals surface area (Å²) in [4.78, 5) is 39.2. The second-order valence-electron chi connectivity index (χ2n) is 11.7. The van der Waals surface area contributed by atoms with Crippen LogP contribution in [-0.4, -0.2) is 63.9 Å². The summed E-state index contributed by atoms with van der Waals surface area (Å²) in [6.07, 6.45) is -3.24. The number of benzene rings is 2. The standard InChI is InChI=1S/C29H32F2N2O6/c1-27(2,3)39-25(36)32-17-12-28(13-17,24(34)35)33(18-14-29(30,31)15-18)26(37)38-16-23-21-10-6-4-8-19(21)20-9-5-7-11-22(20)23/h4-11,17-18,23H,12-16H2,1-3H3,(H,32,36)(H,34,35). The lowest BCUT2D eigenvalue weighted by Gasteiger charge is -2.55. The number of carbonyl (C=O) groups is 3. The van der Waals surface area contributed by atoms with E-state index in [2.05, 4.69) is 5.32 Å². The summed E-state index contributed by atoms with van der Waals surface area (Å²) >= 11 is 0. The third-order valence-corrected chi connectivity index (χ3v) is 7.71. The van der Waals surface area contributed by atoms with Gasteiger partial charge in [0.2, 0.25) is 0 Å². The van der Waals surface area contributed by atoms with Crippen molar-refractivity contribution in [2.24, 2.45) is 0 Å². The molecular weight excluding hydrogens is 510 g/mol. The van der Waals surface area contributed by atoms with E-state index in [9.17, 15) is 28.3 Å². The maximum Gasteiger partial charge on any atom is 0.411 e. The average molecular weight is 543 g/mol. The number of carbonyl (C=O) groups excluding carboxylic acids is 2. The van der Waals surface area contributed by atoms with Crippen molar-refractivity contribution in [1.82, 2.24) is 10.2 Å². The van der Waals surface area contributed by atoms with E-state index < -0.39 is 60.1 Å². The van der Waals surface area contributed by atoms with E-state index in [0.717, 1.165) is 27.2 Å². The number of amides is 2. The molecule has 2 N–H and O–H groups in total. The van der Waals surface area contributed by atoms with Crippen molar-refractivity contribution >= 4 is 18.2 Å². The number of alkyl carbamates (subject to hydrolysis) is 1. The number of fused-ring (bicyclic) bond motifs is 3. The Balaban J connectivity index is 1.34. The minimum Gasteiger partial charge on any atom is -0.479 e. The van der Waals surface area contributed by atoms with Crippen molar-refractivity contribution in [1.29, 1.82) is 0 Å². The number of nitrogens with one attached hydrogen (secondary N) is 1. The van der Waals surface area contributed by atoms with Gasteiger partial charge in [0.15, 0.2) is 0 Å². The lowest BCUT2D eigenvalue weighted by atomic mass is 9.69. The van der Waals surface area contributed by atoms with E-state index in [4.69, 9.17) is 9.47 Å². The largest absolute Gasteiger partial charge is 0.479 e. The van der Waals surface area contributed by atoms with Gasteiger partial charge in [-0.05, 0) is 43.0 Å². The molecule has 2 aromatic rings. The van der Waals surface area contributed by atoms with Crippen LogP contribution in [0.1, 0.15) is 63.5 Å². The van der Waals surface area contributed by atoms with Gasteiger partial charge >= 0.3 is 18.2 Å². The van der Waals surface area contributed by atoms with Gasteiger partial charge < -0.3 is 19.9 Å². The highest BCUT2D eigenvalue weighted by molar-refractivity contribution is 5.87. The molecule has 0 atom stereocenters. The van der Waals surface area contributed by atoms with Crippen LogP contribution in [0.2, 0.25) is 0 Å². The van der Waals surface area contributed by atoms with E-state index in [-0.39, 0.29) is 25.4 Å². The first kappa shape index (κ1) is 26.9. The van der Waals surface area contributed by atoms with Crippen LogP contribution in [0.15, 0.2) is 48.5 Å².